The van der Waals surface area contributed by atoms with Crippen LogP contribution in [0.3, 0.4) is 0 Å². The lowest BCUT2D eigenvalue weighted by Gasteiger charge is -2.08. The molecule has 1 heterocycles. The molecule has 0 bridgehead atoms. The second-order valence-electron chi connectivity index (χ2n) is 4.07. The predicted molar refractivity (Wildman–Crippen MR) is 79.0 cm³/mol. The first kappa shape index (κ1) is 15.6. The number of pyridine rings is 1. The highest BCUT2D eigenvalue weighted by atomic mass is 79.9. The van der Waals surface area contributed by atoms with Crippen LogP contribution in [-0.2, 0) is 0 Å². The quantitative estimate of drug-likeness (QED) is 0.492. The molecule has 1 aromatic carbocycles. The monoisotopic (exact) mass is 365 g/mol. The minimum absolute atomic E-state index is 0.183. The molecular formula is C13H8BrN3O5. The Morgan fingerprint density at radius 2 is 2.14 bits per heavy atom. The van der Waals surface area contributed by atoms with Crippen molar-refractivity contribution >= 4 is 33.8 Å². The fraction of sp³-hybridized carbons (Fsp3) is 0. The van der Waals surface area contributed by atoms with Crippen molar-refractivity contribution in [3.8, 4) is 11.6 Å². The number of nitrogens with two attached hydrogens (primary N) is 1. The molecular weight excluding hydrogens is 358 g/mol. The van der Waals surface area contributed by atoms with Gasteiger partial charge in [0.25, 0.3) is 11.6 Å². The summed E-state index contributed by atoms with van der Waals surface area (Å²) in [6, 6.07) is 5.51. The summed E-state index contributed by atoms with van der Waals surface area (Å²) >= 11 is 3.19. The van der Waals surface area contributed by atoms with Gasteiger partial charge in [0.15, 0.2) is 6.29 Å². The molecule has 2 aromatic rings. The zero-order valence-corrected chi connectivity index (χ0v) is 12.4. The molecule has 2 rings (SSSR count). The standard InChI is InChI=1S/C13H8BrN3O5/c14-11-2-1-9(3-7(11)6-18)22-13-10(12(15)19)4-8(5-16-13)17(20)21/h1-6H,(H2,15,19). The number of benzene rings is 1. The van der Waals surface area contributed by atoms with Crippen LogP contribution in [0.5, 0.6) is 11.6 Å². The van der Waals surface area contributed by atoms with Gasteiger partial charge in [-0.2, -0.15) is 0 Å². The molecule has 0 unspecified atom stereocenters. The molecule has 0 fully saturated rings. The van der Waals surface area contributed by atoms with Gasteiger partial charge in [0.1, 0.15) is 17.5 Å². The molecule has 8 nitrogen and oxygen atoms in total. The second-order valence-corrected chi connectivity index (χ2v) is 4.93. The summed E-state index contributed by atoms with van der Waals surface area (Å²) in [6.07, 6.45) is 1.57. The first-order valence-electron chi connectivity index (χ1n) is 5.79. The topological polar surface area (TPSA) is 125 Å². The Bertz CT molecular complexity index is 778. The fourth-order valence-corrected chi connectivity index (χ4v) is 1.93. The lowest BCUT2D eigenvalue weighted by Crippen LogP contribution is -2.13. The highest BCUT2D eigenvalue weighted by molar-refractivity contribution is 9.10. The maximum Gasteiger partial charge on any atom is 0.288 e. The number of aldehydes is 1. The van der Waals surface area contributed by atoms with Crippen molar-refractivity contribution in [3.63, 3.8) is 0 Å². The third-order valence-electron chi connectivity index (χ3n) is 2.62. The number of carbonyl (C=O) groups excluding carboxylic acids is 2. The summed E-state index contributed by atoms with van der Waals surface area (Å²) < 4.78 is 5.96. The van der Waals surface area contributed by atoms with E-state index in [9.17, 15) is 19.7 Å². The van der Waals surface area contributed by atoms with E-state index in [-0.39, 0.29) is 22.9 Å². The average molecular weight is 366 g/mol. The van der Waals surface area contributed by atoms with Gasteiger partial charge in [-0.25, -0.2) is 4.98 Å². The number of rotatable bonds is 5. The van der Waals surface area contributed by atoms with E-state index in [1.807, 2.05) is 0 Å². The van der Waals surface area contributed by atoms with Crippen LogP contribution in [0.2, 0.25) is 0 Å². The Labute approximate surface area is 132 Å². The van der Waals surface area contributed by atoms with Crippen molar-refractivity contribution in [2.24, 2.45) is 5.73 Å². The number of primary amides is 1. The number of nitro groups is 1. The van der Waals surface area contributed by atoms with Crippen LogP contribution in [0.1, 0.15) is 20.7 Å². The van der Waals surface area contributed by atoms with Crippen LogP contribution in [0.4, 0.5) is 5.69 Å². The normalized spacial score (nSPS) is 10.0. The number of hydrogen-bond donors (Lipinski definition) is 1. The van der Waals surface area contributed by atoms with E-state index in [1.54, 1.807) is 6.07 Å². The lowest BCUT2D eigenvalue weighted by atomic mass is 10.2. The van der Waals surface area contributed by atoms with Gasteiger partial charge >= 0.3 is 0 Å². The molecule has 2 N–H and O–H groups in total. The van der Waals surface area contributed by atoms with E-state index in [2.05, 4.69) is 20.9 Å². The first-order chi connectivity index (χ1) is 10.4. The van der Waals surface area contributed by atoms with Crippen LogP contribution >= 0.6 is 15.9 Å². The van der Waals surface area contributed by atoms with E-state index in [4.69, 9.17) is 10.5 Å². The SMILES string of the molecule is NC(=O)c1cc([N+](=O)[O-])cnc1Oc1ccc(Br)c(C=O)c1. The second kappa shape index (κ2) is 6.31. The molecule has 0 aliphatic rings. The highest BCUT2D eigenvalue weighted by Gasteiger charge is 2.18. The molecule has 0 atom stereocenters. The van der Waals surface area contributed by atoms with Crippen molar-refractivity contribution in [3.05, 3.63) is 56.2 Å². The number of ether oxygens (including phenoxy) is 1. The molecule has 112 valence electrons. The zero-order chi connectivity index (χ0) is 16.3. The number of halogens is 1. The molecule has 0 saturated heterocycles. The number of aromatic nitrogens is 1. The van der Waals surface area contributed by atoms with E-state index < -0.39 is 10.8 Å². The summed E-state index contributed by atoms with van der Waals surface area (Å²) in [7, 11) is 0. The van der Waals surface area contributed by atoms with Gasteiger partial charge in [-0.15, -0.1) is 0 Å². The Morgan fingerprint density at radius 1 is 1.41 bits per heavy atom. The molecule has 1 aromatic heterocycles. The van der Waals surface area contributed by atoms with E-state index in [1.165, 1.54) is 12.1 Å². The smallest absolute Gasteiger partial charge is 0.288 e. The van der Waals surface area contributed by atoms with Crippen LogP contribution in [0.25, 0.3) is 0 Å². The van der Waals surface area contributed by atoms with Crippen molar-refractivity contribution < 1.29 is 19.2 Å². The van der Waals surface area contributed by atoms with Crippen molar-refractivity contribution in [2.75, 3.05) is 0 Å². The third kappa shape index (κ3) is 3.26. The third-order valence-corrected chi connectivity index (χ3v) is 3.34. The predicted octanol–water partition coefficient (Wildman–Crippen LogP) is 2.46. The van der Waals surface area contributed by atoms with Gasteiger partial charge in [-0.1, -0.05) is 15.9 Å². The molecule has 22 heavy (non-hydrogen) atoms. The summed E-state index contributed by atoms with van der Waals surface area (Å²) in [5.41, 5.74) is 4.89. The van der Waals surface area contributed by atoms with Crippen molar-refractivity contribution in [2.45, 2.75) is 0 Å². The minimum Gasteiger partial charge on any atom is -0.438 e. The first-order valence-corrected chi connectivity index (χ1v) is 6.58. The van der Waals surface area contributed by atoms with Crippen LogP contribution in [0, 0.1) is 10.1 Å². The maximum atomic E-state index is 11.4. The van der Waals surface area contributed by atoms with Gasteiger partial charge in [-0.3, -0.25) is 19.7 Å². The van der Waals surface area contributed by atoms with Crippen molar-refractivity contribution in [1.82, 2.24) is 4.98 Å². The van der Waals surface area contributed by atoms with Gasteiger partial charge in [0, 0.05) is 16.1 Å². The number of hydrogen-bond acceptors (Lipinski definition) is 6. The summed E-state index contributed by atoms with van der Waals surface area (Å²) in [5.74, 6) is -0.870. The average Bonchev–Trinajstić information content (AvgIpc) is 2.49. The largest absolute Gasteiger partial charge is 0.438 e. The molecule has 0 aliphatic heterocycles. The van der Waals surface area contributed by atoms with Gasteiger partial charge in [0.05, 0.1) is 4.92 Å². The Morgan fingerprint density at radius 3 is 2.73 bits per heavy atom. The molecule has 9 heteroatoms. The molecule has 0 aliphatic carbocycles. The highest BCUT2D eigenvalue weighted by Crippen LogP contribution is 2.28. The Hall–Kier alpha value is -2.81. The van der Waals surface area contributed by atoms with E-state index in [0.29, 0.717) is 16.3 Å². The van der Waals surface area contributed by atoms with Gasteiger partial charge in [-0.05, 0) is 18.2 Å². The Balaban J connectivity index is 2.42. The number of amides is 1. The maximum absolute atomic E-state index is 11.4. The number of carbonyl (C=O) groups is 2. The lowest BCUT2D eigenvalue weighted by molar-refractivity contribution is -0.385. The van der Waals surface area contributed by atoms with Gasteiger partial charge < -0.3 is 10.5 Å². The van der Waals surface area contributed by atoms with E-state index >= 15 is 0 Å². The van der Waals surface area contributed by atoms with Crippen molar-refractivity contribution in [1.29, 1.82) is 0 Å². The minimum atomic E-state index is -0.918. The van der Waals surface area contributed by atoms with Crippen LogP contribution in [0.15, 0.2) is 34.9 Å². The number of nitrogens with zero attached hydrogens (tertiary/aromatic N) is 2. The van der Waals surface area contributed by atoms with E-state index in [0.717, 1.165) is 12.3 Å². The van der Waals surface area contributed by atoms with Crippen LogP contribution in [-0.4, -0.2) is 22.1 Å². The molecule has 1 amide bonds. The van der Waals surface area contributed by atoms with Gasteiger partial charge in [0.2, 0.25) is 5.88 Å². The molecule has 0 spiro atoms. The summed E-state index contributed by atoms with van der Waals surface area (Å²) in [6.45, 7) is 0. The molecule has 0 radical (unpaired) electrons. The fourth-order valence-electron chi connectivity index (χ4n) is 1.59. The molecule has 0 saturated carbocycles. The summed E-state index contributed by atoms with van der Waals surface area (Å²) in [4.78, 5) is 36.0. The Kier molecular flexibility index (Phi) is 4.47. The zero-order valence-electron chi connectivity index (χ0n) is 10.9. The van der Waals surface area contributed by atoms with Crippen LogP contribution < -0.4 is 10.5 Å². The summed E-state index contributed by atoms with van der Waals surface area (Å²) in [5, 5.41) is 10.7.